The smallest absolute Gasteiger partial charge is 0.308 e. The lowest BCUT2D eigenvalue weighted by atomic mass is 9.68. The molecular weight excluding hydrogens is 332 g/mol. The van der Waals surface area contributed by atoms with Gasteiger partial charge in [-0.15, -0.1) is 0 Å². The molecular formula is C17H21ClN2O4. The van der Waals surface area contributed by atoms with Crippen LogP contribution in [0.5, 0.6) is 0 Å². The average Bonchev–Trinajstić information content (AvgIpc) is 2.55. The lowest BCUT2D eigenvalue weighted by Gasteiger charge is -2.51. The van der Waals surface area contributed by atoms with Crippen LogP contribution in [0.25, 0.3) is 0 Å². The summed E-state index contributed by atoms with van der Waals surface area (Å²) in [5.74, 6) is -0.639. The van der Waals surface area contributed by atoms with E-state index in [1.165, 1.54) is 7.11 Å². The first-order chi connectivity index (χ1) is 11.4. The van der Waals surface area contributed by atoms with E-state index in [2.05, 4.69) is 5.32 Å². The van der Waals surface area contributed by atoms with Gasteiger partial charge in [-0.3, -0.25) is 14.4 Å². The number of hydrogen-bond donors (Lipinski definition) is 1. The van der Waals surface area contributed by atoms with E-state index in [9.17, 15) is 14.4 Å². The summed E-state index contributed by atoms with van der Waals surface area (Å²) >= 11 is 5.90. The molecule has 130 valence electrons. The fraction of sp³-hybridized carbons (Fsp3) is 0.471. The molecule has 1 aromatic rings. The van der Waals surface area contributed by atoms with Crippen LogP contribution in [-0.2, 0) is 25.7 Å². The summed E-state index contributed by atoms with van der Waals surface area (Å²) in [4.78, 5) is 36.4. The normalized spacial score (nSPS) is 22.2. The van der Waals surface area contributed by atoms with Gasteiger partial charge in [0, 0.05) is 17.1 Å². The highest BCUT2D eigenvalue weighted by Crippen LogP contribution is 2.43. The monoisotopic (exact) mass is 352 g/mol. The lowest BCUT2D eigenvalue weighted by Crippen LogP contribution is -2.60. The Hall–Kier alpha value is -2.08. The number of benzene rings is 1. The minimum absolute atomic E-state index is 0.0738. The quantitative estimate of drug-likeness (QED) is 0.599. The van der Waals surface area contributed by atoms with Crippen LogP contribution in [0.15, 0.2) is 24.3 Å². The van der Waals surface area contributed by atoms with Gasteiger partial charge in [0.1, 0.15) is 0 Å². The molecule has 1 aliphatic rings. The summed E-state index contributed by atoms with van der Waals surface area (Å²) in [6, 6.07) is 7.25. The molecule has 7 heteroatoms. The van der Waals surface area contributed by atoms with E-state index in [-0.39, 0.29) is 24.3 Å². The Kier molecular flexibility index (Phi) is 5.83. The second-order valence-corrected chi connectivity index (χ2v) is 6.67. The number of nitrogens with one attached hydrogen (secondary N) is 1. The Morgan fingerprint density at radius 3 is 2.54 bits per heavy atom. The summed E-state index contributed by atoms with van der Waals surface area (Å²) in [5.41, 5.74) is 0.488. The minimum atomic E-state index is -0.444. The maximum atomic E-state index is 12.5. The Morgan fingerprint density at radius 2 is 2.00 bits per heavy atom. The molecule has 0 heterocycles. The number of nitrogens with zero attached hydrogens (tertiary/aromatic N) is 1. The van der Waals surface area contributed by atoms with Crippen LogP contribution < -0.4 is 5.32 Å². The van der Waals surface area contributed by atoms with E-state index in [4.69, 9.17) is 16.3 Å². The summed E-state index contributed by atoms with van der Waals surface area (Å²) in [7, 11) is 1.36. The topological polar surface area (TPSA) is 75.7 Å². The van der Waals surface area contributed by atoms with Crippen LogP contribution in [0, 0.1) is 5.92 Å². The third-order valence-electron chi connectivity index (χ3n) is 4.45. The Balaban J connectivity index is 2.14. The first-order valence-corrected chi connectivity index (χ1v) is 8.07. The van der Waals surface area contributed by atoms with Crippen molar-refractivity contribution in [3.05, 3.63) is 34.9 Å². The number of carbonyl (C=O) groups is 3. The van der Waals surface area contributed by atoms with Crippen molar-refractivity contribution in [3.63, 3.8) is 0 Å². The number of esters is 1. The second-order valence-electron chi connectivity index (χ2n) is 6.23. The summed E-state index contributed by atoms with van der Waals surface area (Å²) in [6.07, 6.45) is 1.58. The van der Waals surface area contributed by atoms with Crippen molar-refractivity contribution in [1.29, 1.82) is 0 Å². The average molecular weight is 353 g/mol. The van der Waals surface area contributed by atoms with Gasteiger partial charge in [0.2, 0.25) is 12.3 Å². The van der Waals surface area contributed by atoms with Crippen molar-refractivity contribution in [3.8, 4) is 0 Å². The number of methoxy groups -OCH3 is 1. The molecule has 0 aliphatic heterocycles. The van der Waals surface area contributed by atoms with Crippen LogP contribution in [0.2, 0.25) is 5.02 Å². The maximum Gasteiger partial charge on any atom is 0.308 e. The molecule has 1 N–H and O–H groups in total. The largest absolute Gasteiger partial charge is 0.469 e. The number of carbonyl (C=O) groups excluding carboxylic acids is 3. The molecule has 0 bridgehead atoms. The lowest BCUT2D eigenvalue weighted by molar-refractivity contribution is -0.161. The molecule has 24 heavy (non-hydrogen) atoms. The molecule has 2 amide bonds. The van der Waals surface area contributed by atoms with Crippen LogP contribution in [0.1, 0.15) is 25.3 Å². The summed E-state index contributed by atoms with van der Waals surface area (Å²) in [6.45, 7) is 2.26. The molecule has 1 aromatic carbocycles. The number of hydrogen-bond acceptors (Lipinski definition) is 4. The van der Waals surface area contributed by atoms with Crippen molar-refractivity contribution < 1.29 is 19.1 Å². The third kappa shape index (κ3) is 4.06. The van der Waals surface area contributed by atoms with Gasteiger partial charge in [0.25, 0.3) is 0 Å². The first kappa shape index (κ1) is 18.3. The van der Waals surface area contributed by atoms with Crippen molar-refractivity contribution in [2.45, 2.75) is 31.8 Å². The number of halogens is 1. The summed E-state index contributed by atoms with van der Waals surface area (Å²) < 4.78 is 4.77. The number of ether oxygens (including phenoxy) is 1. The zero-order valence-corrected chi connectivity index (χ0v) is 14.5. The van der Waals surface area contributed by atoms with E-state index in [0.29, 0.717) is 30.8 Å². The first-order valence-electron chi connectivity index (χ1n) is 7.69. The Bertz CT molecular complexity index is 612. The molecule has 0 atom stereocenters. The SMILES string of the molecule is COC(=O)C1CC(C)(N(Cc2ccc(Cl)cc2)C(=O)CNC=O)C1. The van der Waals surface area contributed by atoms with E-state index in [1.807, 2.05) is 19.1 Å². The minimum Gasteiger partial charge on any atom is -0.469 e. The Labute approximate surface area is 146 Å². The van der Waals surface area contributed by atoms with Crippen LogP contribution in [0.4, 0.5) is 0 Å². The molecule has 1 aliphatic carbocycles. The van der Waals surface area contributed by atoms with Crippen molar-refractivity contribution in [1.82, 2.24) is 10.2 Å². The Morgan fingerprint density at radius 1 is 1.38 bits per heavy atom. The van der Waals surface area contributed by atoms with Crippen LogP contribution in [0.3, 0.4) is 0 Å². The van der Waals surface area contributed by atoms with Gasteiger partial charge in [-0.2, -0.15) is 0 Å². The van der Waals surface area contributed by atoms with Crippen molar-refractivity contribution >= 4 is 29.9 Å². The van der Waals surface area contributed by atoms with E-state index in [0.717, 1.165) is 5.56 Å². The molecule has 2 rings (SSSR count). The molecule has 1 fully saturated rings. The third-order valence-corrected chi connectivity index (χ3v) is 4.70. The fourth-order valence-corrected chi connectivity index (χ4v) is 3.26. The van der Waals surface area contributed by atoms with Crippen LogP contribution in [-0.4, -0.2) is 42.4 Å². The zero-order chi connectivity index (χ0) is 17.7. The summed E-state index contributed by atoms with van der Waals surface area (Å²) in [5, 5.41) is 3.03. The standard InChI is InChI=1S/C17H21ClN2O4/c1-17(7-13(8-17)16(23)24-2)20(15(22)9-19-11-21)10-12-3-5-14(18)6-4-12/h3-6,11,13H,7-10H2,1-2H3,(H,19,21). The maximum absolute atomic E-state index is 12.5. The van der Waals surface area contributed by atoms with E-state index in [1.54, 1.807) is 17.0 Å². The zero-order valence-electron chi connectivity index (χ0n) is 13.8. The highest BCUT2D eigenvalue weighted by atomic mass is 35.5. The van der Waals surface area contributed by atoms with Gasteiger partial charge in [-0.05, 0) is 37.5 Å². The van der Waals surface area contributed by atoms with Gasteiger partial charge in [-0.1, -0.05) is 23.7 Å². The van der Waals surface area contributed by atoms with Gasteiger partial charge in [0.05, 0.1) is 19.6 Å². The predicted octanol–water partition coefficient (Wildman–Crippen LogP) is 1.76. The fourth-order valence-electron chi connectivity index (χ4n) is 3.13. The highest BCUT2D eigenvalue weighted by Gasteiger charge is 2.49. The molecule has 0 saturated heterocycles. The van der Waals surface area contributed by atoms with Gasteiger partial charge in [0.15, 0.2) is 0 Å². The molecule has 0 unspecified atom stereocenters. The molecule has 0 aromatic heterocycles. The van der Waals surface area contributed by atoms with Gasteiger partial charge >= 0.3 is 5.97 Å². The predicted molar refractivity (Wildman–Crippen MR) is 89.2 cm³/mol. The number of amides is 2. The van der Waals surface area contributed by atoms with Gasteiger partial charge < -0.3 is 15.0 Å². The molecule has 6 nitrogen and oxygen atoms in total. The van der Waals surface area contributed by atoms with Crippen molar-refractivity contribution in [2.75, 3.05) is 13.7 Å². The van der Waals surface area contributed by atoms with Gasteiger partial charge in [-0.25, -0.2) is 0 Å². The molecule has 0 radical (unpaired) electrons. The number of rotatable bonds is 7. The van der Waals surface area contributed by atoms with E-state index < -0.39 is 5.54 Å². The highest BCUT2D eigenvalue weighted by molar-refractivity contribution is 6.30. The van der Waals surface area contributed by atoms with Crippen molar-refractivity contribution in [2.24, 2.45) is 5.92 Å². The second kappa shape index (κ2) is 7.66. The van der Waals surface area contributed by atoms with Crippen LogP contribution >= 0.6 is 11.6 Å². The molecule has 1 saturated carbocycles. The molecule has 0 spiro atoms. The van der Waals surface area contributed by atoms with E-state index >= 15 is 0 Å².